The Bertz CT molecular complexity index is 666. The summed E-state index contributed by atoms with van der Waals surface area (Å²) in [5.41, 5.74) is 1.39. The molecule has 1 amide bonds. The molecule has 0 fully saturated rings. The Kier molecular flexibility index (Phi) is 5.01. The molecule has 1 unspecified atom stereocenters. The molecular weight excluding hydrogens is 294 g/mol. The van der Waals surface area contributed by atoms with Crippen LogP contribution in [0.25, 0.3) is 0 Å². The Labute approximate surface area is 135 Å². The molecule has 0 saturated carbocycles. The van der Waals surface area contributed by atoms with Gasteiger partial charge in [0.15, 0.2) is 0 Å². The molecular formula is C18H21NO4. The lowest BCUT2D eigenvalue weighted by Crippen LogP contribution is -2.34. The fourth-order valence-electron chi connectivity index (χ4n) is 2.10. The zero-order valence-electron chi connectivity index (χ0n) is 13.5. The maximum atomic E-state index is 12.1. The fraction of sp³-hybridized carbons (Fsp3) is 0.333. The van der Waals surface area contributed by atoms with Gasteiger partial charge in [0, 0.05) is 5.56 Å². The standard InChI is InChI=1S/C18H21NO4/c1-18(2,3)13-8-6-12(7-9-13)16(21)17(22)19-11-14(20)15-5-4-10-23-15/h4-10,14,20H,11H2,1-3H3,(H,19,22). The van der Waals surface area contributed by atoms with Crippen LogP contribution in [0.2, 0.25) is 0 Å². The highest BCUT2D eigenvalue weighted by Gasteiger charge is 2.20. The largest absolute Gasteiger partial charge is 0.467 e. The normalized spacial score (nSPS) is 12.7. The van der Waals surface area contributed by atoms with Gasteiger partial charge in [-0.15, -0.1) is 0 Å². The molecule has 1 aromatic heterocycles. The van der Waals surface area contributed by atoms with Gasteiger partial charge in [-0.2, -0.15) is 0 Å². The molecule has 0 bridgehead atoms. The van der Waals surface area contributed by atoms with Crippen molar-refractivity contribution in [2.24, 2.45) is 0 Å². The van der Waals surface area contributed by atoms with Crippen LogP contribution in [-0.4, -0.2) is 23.3 Å². The van der Waals surface area contributed by atoms with Gasteiger partial charge < -0.3 is 14.8 Å². The first-order valence-corrected chi connectivity index (χ1v) is 7.43. The number of carbonyl (C=O) groups excluding carboxylic acids is 2. The summed E-state index contributed by atoms with van der Waals surface area (Å²) in [7, 11) is 0. The van der Waals surface area contributed by atoms with Gasteiger partial charge in [-0.05, 0) is 23.1 Å². The monoisotopic (exact) mass is 315 g/mol. The number of hydrogen-bond acceptors (Lipinski definition) is 4. The van der Waals surface area contributed by atoms with E-state index in [0.717, 1.165) is 5.56 Å². The van der Waals surface area contributed by atoms with Crippen molar-refractivity contribution >= 4 is 11.7 Å². The van der Waals surface area contributed by atoms with Crippen LogP contribution >= 0.6 is 0 Å². The van der Waals surface area contributed by atoms with Crippen molar-refractivity contribution in [3.8, 4) is 0 Å². The van der Waals surface area contributed by atoms with Gasteiger partial charge in [-0.25, -0.2) is 0 Å². The molecule has 122 valence electrons. The van der Waals surface area contributed by atoms with E-state index in [1.54, 1.807) is 24.3 Å². The Hall–Kier alpha value is -2.40. The summed E-state index contributed by atoms with van der Waals surface area (Å²) in [6.07, 6.45) is 0.451. The second-order valence-corrected chi connectivity index (χ2v) is 6.40. The number of benzene rings is 1. The first kappa shape index (κ1) is 17.0. The number of hydrogen-bond donors (Lipinski definition) is 2. The summed E-state index contributed by atoms with van der Waals surface area (Å²) in [5.74, 6) is -1.04. The molecule has 5 heteroatoms. The number of nitrogens with one attached hydrogen (secondary N) is 1. The third-order valence-electron chi connectivity index (χ3n) is 3.55. The number of rotatable bonds is 5. The minimum absolute atomic E-state index is 0.0169. The Morgan fingerprint density at radius 2 is 1.83 bits per heavy atom. The van der Waals surface area contributed by atoms with E-state index in [1.807, 2.05) is 12.1 Å². The van der Waals surface area contributed by atoms with Crippen molar-refractivity contribution in [3.05, 3.63) is 59.5 Å². The molecule has 23 heavy (non-hydrogen) atoms. The summed E-state index contributed by atoms with van der Waals surface area (Å²) < 4.78 is 5.03. The summed E-state index contributed by atoms with van der Waals surface area (Å²) in [6.45, 7) is 6.14. The Morgan fingerprint density at radius 3 is 2.35 bits per heavy atom. The van der Waals surface area contributed by atoms with E-state index in [2.05, 4.69) is 26.1 Å². The van der Waals surface area contributed by atoms with Gasteiger partial charge in [0.05, 0.1) is 12.8 Å². The van der Waals surface area contributed by atoms with E-state index in [0.29, 0.717) is 11.3 Å². The zero-order chi connectivity index (χ0) is 17.0. The number of aliphatic hydroxyl groups excluding tert-OH is 1. The van der Waals surface area contributed by atoms with Crippen LogP contribution in [0.1, 0.15) is 48.6 Å². The molecule has 0 aliphatic rings. The number of amides is 1. The average Bonchev–Trinajstić information content (AvgIpc) is 3.05. The smallest absolute Gasteiger partial charge is 0.292 e. The summed E-state index contributed by atoms with van der Waals surface area (Å²) in [4.78, 5) is 24.0. The topological polar surface area (TPSA) is 79.5 Å². The SMILES string of the molecule is CC(C)(C)c1ccc(C(=O)C(=O)NCC(O)c2ccco2)cc1. The maximum Gasteiger partial charge on any atom is 0.292 e. The van der Waals surface area contributed by atoms with Crippen LogP contribution in [0.15, 0.2) is 47.1 Å². The van der Waals surface area contributed by atoms with Crippen LogP contribution in [0.4, 0.5) is 0 Å². The highest BCUT2D eigenvalue weighted by molar-refractivity contribution is 6.42. The van der Waals surface area contributed by atoms with Gasteiger partial charge in [-0.3, -0.25) is 9.59 Å². The molecule has 0 spiro atoms. The highest BCUT2D eigenvalue weighted by Crippen LogP contribution is 2.22. The lowest BCUT2D eigenvalue weighted by atomic mass is 9.86. The highest BCUT2D eigenvalue weighted by atomic mass is 16.4. The van der Waals surface area contributed by atoms with Crippen molar-refractivity contribution in [3.63, 3.8) is 0 Å². The van der Waals surface area contributed by atoms with E-state index >= 15 is 0 Å². The van der Waals surface area contributed by atoms with E-state index in [4.69, 9.17) is 4.42 Å². The van der Waals surface area contributed by atoms with Crippen molar-refractivity contribution in [2.75, 3.05) is 6.54 Å². The predicted octanol–water partition coefficient (Wildman–Crippen LogP) is 2.61. The van der Waals surface area contributed by atoms with Crippen LogP contribution in [0.5, 0.6) is 0 Å². The van der Waals surface area contributed by atoms with Gasteiger partial charge in [0.1, 0.15) is 11.9 Å². The molecule has 0 aliphatic carbocycles. The first-order chi connectivity index (χ1) is 10.8. The van der Waals surface area contributed by atoms with Crippen molar-refractivity contribution < 1.29 is 19.1 Å². The fourth-order valence-corrected chi connectivity index (χ4v) is 2.10. The van der Waals surface area contributed by atoms with Gasteiger partial charge >= 0.3 is 0 Å². The predicted molar refractivity (Wildman–Crippen MR) is 86.2 cm³/mol. The molecule has 2 N–H and O–H groups in total. The minimum atomic E-state index is -0.981. The average molecular weight is 315 g/mol. The molecule has 0 saturated heterocycles. The lowest BCUT2D eigenvalue weighted by Gasteiger charge is -2.18. The van der Waals surface area contributed by atoms with Crippen molar-refractivity contribution in [1.82, 2.24) is 5.32 Å². The van der Waals surface area contributed by atoms with E-state index in [9.17, 15) is 14.7 Å². The van der Waals surface area contributed by atoms with E-state index < -0.39 is 17.8 Å². The van der Waals surface area contributed by atoms with Crippen LogP contribution in [-0.2, 0) is 10.2 Å². The molecule has 2 aromatic rings. The summed E-state index contributed by atoms with van der Waals surface area (Å²) in [5, 5.41) is 12.2. The summed E-state index contributed by atoms with van der Waals surface area (Å²) >= 11 is 0. The molecule has 0 radical (unpaired) electrons. The first-order valence-electron chi connectivity index (χ1n) is 7.43. The molecule has 5 nitrogen and oxygen atoms in total. The van der Waals surface area contributed by atoms with E-state index in [-0.39, 0.29) is 12.0 Å². The second kappa shape index (κ2) is 6.79. The molecule has 0 aliphatic heterocycles. The zero-order valence-corrected chi connectivity index (χ0v) is 13.5. The minimum Gasteiger partial charge on any atom is -0.467 e. The maximum absolute atomic E-state index is 12.1. The quantitative estimate of drug-likeness (QED) is 0.656. The van der Waals surface area contributed by atoms with Crippen molar-refractivity contribution in [2.45, 2.75) is 32.3 Å². The third kappa shape index (κ3) is 4.29. The second-order valence-electron chi connectivity index (χ2n) is 6.40. The number of Topliss-reactive ketones (excluding diaryl/α,β-unsaturated/α-hetero) is 1. The number of aliphatic hydroxyl groups is 1. The lowest BCUT2D eigenvalue weighted by molar-refractivity contribution is -0.117. The Morgan fingerprint density at radius 1 is 1.17 bits per heavy atom. The molecule has 1 atom stereocenters. The van der Waals surface area contributed by atoms with Crippen molar-refractivity contribution in [1.29, 1.82) is 0 Å². The van der Waals surface area contributed by atoms with Crippen LogP contribution < -0.4 is 5.32 Å². The van der Waals surface area contributed by atoms with Gasteiger partial charge in [-0.1, -0.05) is 45.0 Å². The number of furan rings is 1. The molecule has 1 aromatic carbocycles. The Balaban J connectivity index is 1.96. The van der Waals surface area contributed by atoms with E-state index in [1.165, 1.54) is 6.26 Å². The van der Waals surface area contributed by atoms with Crippen LogP contribution in [0, 0.1) is 0 Å². The van der Waals surface area contributed by atoms with Crippen LogP contribution in [0.3, 0.4) is 0 Å². The molecule has 2 rings (SSSR count). The summed E-state index contributed by atoms with van der Waals surface area (Å²) in [6, 6.07) is 10.2. The third-order valence-corrected chi connectivity index (χ3v) is 3.55. The molecule has 1 heterocycles. The van der Waals surface area contributed by atoms with Gasteiger partial charge in [0.2, 0.25) is 5.78 Å². The van der Waals surface area contributed by atoms with Gasteiger partial charge in [0.25, 0.3) is 5.91 Å². The number of ketones is 1. The number of carbonyl (C=O) groups is 2.